The van der Waals surface area contributed by atoms with Gasteiger partial charge in [-0.2, -0.15) is 0 Å². The van der Waals surface area contributed by atoms with E-state index in [1.54, 1.807) is 14.2 Å². The van der Waals surface area contributed by atoms with E-state index in [9.17, 15) is 4.79 Å². The lowest BCUT2D eigenvalue weighted by atomic mass is 9.91. The molecule has 112 valence electrons. The molecule has 0 bridgehead atoms. The second-order valence-electron chi connectivity index (χ2n) is 5.80. The topological polar surface area (TPSA) is 50.4 Å². The lowest BCUT2D eigenvalue weighted by Gasteiger charge is -2.25. The number of nitrogens with one attached hydrogen (secondary N) is 2. The molecule has 1 aromatic carbocycles. The number of benzene rings is 1. The van der Waals surface area contributed by atoms with Crippen molar-refractivity contribution in [3.63, 3.8) is 0 Å². The summed E-state index contributed by atoms with van der Waals surface area (Å²) in [6.07, 6.45) is 0.924. The van der Waals surface area contributed by atoms with E-state index < -0.39 is 5.41 Å². The van der Waals surface area contributed by atoms with Gasteiger partial charge in [-0.3, -0.25) is 4.79 Å². The number of amides is 1. The summed E-state index contributed by atoms with van der Waals surface area (Å²) in [7, 11) is 3.34. The largest absolute Gasteiger partial charge is 0.497 e. The number of hydrogen-bond donors (Lipinski definition) is 2. The van der Waals surface area contributed by atoms with Gasteiger partial charge in [0.05, 0.1) is 12.5 Å². The van der Waals surface area contributed by atoms with Gasteiger partial charge in [0.15, 0.2) is 0 Å². The second kappa shape index (κ2) is 7.29. The maximum Gasteiger partial charge on any atom is 0.226 e. The van der Waals surface area contributed by atoms with Crippen LogP contribution < -0.4 is 15.4 Å². The van der Waals surface area contributed by atoms with Crippen LogP contribution in [0, 0.1) is 5.41 Å². The minimum atomic E-state index is -0.400. The predicted molar refractivity (Wildman–Crippen MR) is 82.0 cm³/mol. The van der Waals surface area contributed by atoms with Crippen LogP contribution in [0.5, 0.6) is 5.75 Å². The summed E-state index contributed by atoms with van der Waals surface area (Å²) in [5, 5.41) is 6.12. The van der Waals surface area contributed by atoms with E-state index >= 15 is 0 Å². The Labute approximate surface area is 121 Å². The fourth-order valence-electron chi connectivity index (χ4n) is 2.04. The molecule has 0 aliphatic heterocycles. The summed E-state index contributed by atoms with van der Waals surface area (Å²) >= 11 is 0. The van der Waals surface area contributed by atoms with Gasteiger partial charge in [0.25, 0.3) is 0 Å². The minimum absolute atomic E-state index is 0.0571. The van der Waals surface area contributed by atoms with Gasteiger partial charge < -0.3 is 15.4 Å². The SMILES string of the molecule is CNC(=O)C(C)(C)CNC(C)Cc1ccc(OC)cc1. The van der Waals surface area contributed by atoms with Crippen LogP contribution in [0.15, 0.2) is 24.3 Å². The summed E-state index contributed by atoms with van der Waals surface area (Å²) in [6.45, 7) is 6.67. The Morgan fingerprint density at radius 1 is 1.30 bits per heavy atom. The van der Waals surface area contributed by atoms with E-state index in [1.807, 2.05) is 26.0 Å². The molecule has 1 amide bonds. The first kappa shape index (κ1) is 16.5. The van der Waals surface area contributed by atoms with Gasteiger partial charge in [0.2, 0.25) is 5.91 Å². The Hall–Kier alpha value is -1.55. The molecule has 1 aromatic rings. The van der Waals surface area contributed by atoms with E-state index in [4.69, 9.17) is 4.74 Å². The molecule has 0 fully saturated rings. The van der Waals surface area contributed by atoms with Crippen molar-refractivity contribution >= 4 is 5.91 Å². The number of methoxy groups -OCH3 is 1. The molecule has 0 spiro atoms. The predicted octanol–water partition coefficient (Wildman–Crippen LogP) is 1.99. The average molecular weight is 278 g/mol. The van der Waals surface area contributed by atoms with Crippen molar-refractivity contribution in [2.24, 2.45) is 5.41 Å². The van der Waals surface area contributed by atoms with Crippen LogP contribution in [-0.4, -0.2) is 32.7 Å². The number of ether oxygens (including phenoxy) is 1. The fraction of sp³-hybridized carbons (Fsp3) is 0.562. The Balaban J connectivity index is 2.47. The molecule has 0 radical (unpaired) electrons. The third kappa shape index (κ3) is 4.85. The van der Waals surface area contributed by atoms with Gasteiger partial charge >= 0.3 is 0 Å². The zero-order chi connectivity index (χ0) is 15.2. The van der Waals surface area contributed by atoms with Gasteiger partial charge in [0.1, 0.15) is 5.75 Å². The highest BCUT2D eigenvalue weighted by atomic mass is 16.5. The molecule has 0 saturated heterocycles. The van der Waals surface area contributed by atoms with Crippen LogP contribution in [0.3, 0.4) is 0 Å². The van der Waals surface area contributed by atoms with E-state index in [-0.39, 0.29) is 5.91 Å². The highest BCUT2D eigenvalue weighted by Crippen LogP contribution is 2.15. The van der Waals surface area contributed by atoms with Crippen molar-refractivity contribution in [3.8, 4) is 5.75 Å². The highest BCUT2D eigenvalue weighted by Gasteiger charge is 2.26. The lowest BCUT2D eigenvalue weighted by Crippen LogP contribution is -2.44. The van der Waals surface area contributed by atoms with Crippen molar-refractivity contribution in [1.82, 2.24) is 10.6 Å². The fourth-order valence-corrected chi connectivity index (χ4v) is 2.04. The first-order chi connectivity index (χ1) is 9.39. The summed E-state index contributed by atoms with van der Waals surface area (Å²) < 4.78 is 5.14. The van der Waals surface area contributed by atoms with Crippen molar-refractivity contribution in [1.29, 1.82) is 0 Å². The molecule has 2 N–H and O–H groups in total. The van der Waals surface area contributed by atoms with Crippen molar-refractivity contribution in [2.75, 3.05) is 20.7 Å². The first-order valence-electron chi connectivity index (χ1n) is 6.97. The molecular formula is C16H26N2O2. The van der Waals surface area contributed by atoms with Crippen LogP contribution in [0.4, 0.5) is 0 Å². The molecule has 0 heterocycles. The first-order valence-corrected chi connectivity index (χ1v) is 6.97. The molecule has 0 aromatic heterocycles. The van der Waals surface area contributed by atoms with Gasteiger partial charge in [-0.15, -0.1) is 0 Å². The number of carbonyl (C=O) groups excluding carboxylic acids is 1. The van der Waals surface area contributed by atoms with Gasteiger partial charge in [0, 0.05) is 19.6 Å². The molecule has 1 rings (SSSR count). The Morgan fingerprint density at radius 2 is 1.90 bits per heavy atom. The molecule has 4 heteroatoms. The summed E-state index contributed by atoms with van der Waals surface area (Å²) in [5.41, 5.74) is 0.853. The third-order valence-corrected chi connectivity index (χ3v) is 3.44. The molecule has 1 atom stereocenters. The Morgan fingerprint density at radius 3 is 2.40 bits per heavy atom. The molecule has 1 unspecified atom stereocenters. The summed E-state index contributed by atoms with van der Waals surface area (Å²) in [4.78, 5) is 11.7. The van der Waals surface area contributed by atoms with Gasteiger partial charge in [-0.25, -0.2) is 0 Å². The average Bonchev–Trinajstić information content (AvgIpc) is 2.45. The van der Waals surface area contributed by atoms with Gasteiger partial charge in [-0.05, 0) is 44.9 Å². The van der Waals surface area contributed by atoms with E-state index in [2.05, 4.69) is 29.7 Å². The molecular weight excluding hydrogens is 252 g/mol. The molecule has 0 saturated carbocycles. The van der Waals surface area contributed by atoms with Crippen LogP contribution in [0.1, 0.15) is 26.3 Å². The molecule has 20 heavy (non-hydrogen) atoms. The quantitative estimate of drug-likeness (QED) is 0.802. The number of hydrogen-bond acceptors (Lipinski definition) is 3. The molecule has 4 nitrogen and oxygen atoms in total. The maximum atomic E-state index is 11.7. The zero-order valence-corrected chi connectivity index (χ0v) is 13.1. The highest BCUT2D eigenvalue weighted by molar-refractivity contribution is 5.81. The summed E-state index contributed by atoms with van der Waals surface area (Å²) in [6, 6.07) is 8.39. The van der Waals surface area contributed by atoms with Gasteiger partial charge in [-0.1, -0.05) is 12.1 Å². The number of rotatable bonds is 7. The van der Waals surface area contributed by atoms with Crippen molar-refractivity contribution in [2.45, 2.75) is 33.2 Å². The van der Waals surface area contributed by atoms with Crippen LogP contribution >= 0.6 is 0 Å². The monoisotopic (exact) mass is 278 g/mol. The smallest absolute Gasteiger partial charge is 0.226 e. The van der Waals surface area contributed by atoms with E-state index in [1.165, 1.54) is 5.56 Å². The summed E-state index contributed by atoms with van der Waals surface area (Å²) in [5.74, 6) is 0.928. The zero-order valence-electron chi connectivity index (χ0n) is 13.1. The standard InChI is InChI=1S/C16H26N2O2/c1-12(18-11-16(2,3)15(19)17-4)10-13-6-8-14(20-5)9-7-13/h6-9,12,18H,10-11H2,1-5H3,(H,17,19). The van der Waals surface area contributed by atoms with E-state index in [0.29, 0.717) is 12.6 Å². The Kier molecular flexibility index (Phi) is 6.02. The third-order valence-electron chi connectivity index (χ3n) is 3.44. The molecule has 0 aliphatic rings. The normalized spacial score (nSPS) is 12.8. The lowest BCUT2D eigenvalue weighted by molar-refractivity contribution is -0.128. The number of carbonyl (C=O) groups is 1. The van der Waals surface area contributed by atoms with Crippen LogP contribution in [-0.2, 0) is 11.2 Å². The molecule has 0 aliphatic carbocycles. The van der Waals surface area contributed by atoms with Crippen LogP contribution in [0.2, 0.25) is 0 Å². The second-order valence-corrected chi connectivity index (χ2v) is 5.80. The maximum absolute atomic E-state index is 11.7. The van der Waals surface area contributed by atoms with Crippen molar-refractivity contribution in [3.05, 3.63) is 29.8 Å². The van der Waals surface area contributed by atoms with E-state index in [0.717, 1.165) is 12.2 Å². The minimum Gasteiger partial charge on any atom is -0.497 e. The van der Waals surface area contributed by atoms with Crippen LogP contribution in [0.25, 0.3) is 0 Å². The van der Waals surface area contributed by atoms with Crippen molar-refractivity contribution < 1.29 is 9.53 Å². The Bertz CT molecular complexity index is 427.